The van der Waals surface area contributed by atoms with Crippen LogP contribution in [0.2, 0.25) is 0 Å². The highest BCUT2D eigenvalue weighted by Gasteiger charge is 2.25. The van der Waals surface area contributed by atoms with Gasteiger partial charge < -0.3 is 19.7 Å². The van der Waals surface area contributed by atoms with E-state index in [-0.39, 0.29) is 23.8 Å². The lowest BCUT2D eigenvalue weighted by Gasteiger charge is -2.19. The van der Waals surface area contributed by atoms with Crippen LogP contribution in [0, 0.1) is 0 Å². The summed E-state index contributed by atoms with van der Waals surface area (Å²) in [5, 5.41) is 16.5. The molecule has 158 valence electrons. The van der Waals surface area contributed by atoms with Gasteiger partial charge in [-0.3, -0.25) is 9.59 Å². The smallest absolute Gasteiger partial charge is 0.265 e. The molecule has 0 bridgehead atoms. The minimum atomic E-state index is -0.504. The van der Waals surface area contributed by atoms with E-state index in [9.17, 15) is 14.7 Å². The Balaban J connectivity index is 1.69. The Labute approximate surface area is 183 Å². The van der Waals surface area contributed by atoms with E-state index in [1.54, 1.807) is 38.4 Å². The van der Waals surface area contributed by atoms with Gasteiger partial charge >= 0.3 is 0 Å². The summed E-state index contributed by atoms with van der Waals surface area (Å²) < 4.78 is 6.60. The first-order chi connectivity index (χ1) is 15.0. The highest BCUT2D eigenvalue weighted by Crippen LogP contribution is 2.31. The predicted octanol–water partition coefficient (Wildman–Crippen LogP) is 4.74. The molecular formula is C24H22N2O4S. The first-order valence-electron chi connectivity index (χ1n) is 9.77. The quantitative estimate of drug-likeness (QED) is 0.411. The van der Waals surface area contributed by atoms with Crippen molar-refractivity contribution in [3.63, 3.8) is 0 Å². The van der Waals surface area contributed by atoms with E-state index in [0.717, 1.165) is 16.3 Å². The van der Waals surface area contributed by atoms with Gasteiger partial charge in [0.05, 0.1) is 18.7 Å². The molecule has 0 amide bonds. The first-order valence-corrected chi connectivity index (χ1v) is 10.7. The van der Waals surface area contributed by atoms with Crippen LogP contribution in [0.5, 0.6) is 11.5 Å². The van der Waals surface area contributed by atoms with Gasteiger partial charge in [0.25, 0.3) is 5.56 Å². The molecule has 2 heterocycles. The maximum Gasteiger partial charge on any atom is 0.265 e. The molecule has 31 heavy (non-hydrogen) atoms. The SMILES string of the molecule is COc1ccc(N[C@@H](CC(=O)c2c(O)c3ccccc3n(C)c2=O)c2cccs2)cc1. The fourth-order valence-corrected chi connectivity index (χ4v) is 4.40. The fourth-order valence-electron chi connectivity index (χ4n) is 3.62. The number of pyridine rings is 1. The van der Waals surface area contributed by atoms with Crippen LogP contribution in [0.1, 0.15) is 27.7 Å². The number of hydrogen-bond donors (Lipinski definition) is 2. The van der Waals surface area contributed by atoms with Crippen molar-refractivity contribution in [3.05, 3.63) is 86.8 Å². The molecule has 2 aromatic heterocycles. The van der Waals surface area contributed by atoms with Crippen LogP contribution in [-0.4, -0.2) is 22.6 Å². The molecule has 4 rings (SSSR count). The lowest BCUT2D eigenvalue weighted by atomic mass is 10.0. The van der Waals surface area contributed by atoms with Crippen LogP contribution in [0.3, 0.4) is 0 Å². The van der Waals surface area contributed by atoms with E-state index in [1.165, 1.54) is 15.9 Å². The predicted molar refractivity (Wildman–Crippen MR) is 123 cm³/mol. The van der Waals surface area contributed by atoms with Gasteiger partial charge in [-0.15, -0.1) is 11.3 Å². The highest BCUT2D eigenvalue weighted by molar-refractivity contribution is 7.10. The number of benzene rings is 2. The molecule has 0 spiro atoms. The van der Waals surface area contributed by atoms with Gasteiger partial charge in [0.1, 0.15) is 17.1 Å². The number of carbonyl (C=O) groups is 1. The lowest BCUT2D eigenvalue weighted by Crippen LogP contribution is -2.26. The number of aryl methyl sites for hydroxylation is 1. The number of hydrogen-bond acceptors (Lipinski definition) is 6. The molecule has 7 heteroatoms. The molecular weight excluding hydrogens is 412 g/mol. The zero-order chi connectivity index (χ0) is 22.0. The van der Waals surface area contributed by atoms with Gasteiger partial charge in [-0.25, -0.2) is 0 Å². The van der Waals surface area contributed by atoms with Crippen LogP contribution in [0.25, 0.3) is 10.9 Å². The van der Waals surface area contributed by atoms with Crippen molar-refractivity contribution in [2.75, 3.05) is 12.4 Å². The van der Waals surface area contributed by atoms with Crippen LogP contribution < -0.4 is 15.6 Å². The molecule has 2 aromatic carbocycles. The van der Waals surface area contributed by atoms with Crippen molar-refractivity contribution >= 4 is 33.7 Å². The number of nitrogens with one attached hydrogen (secondary N) is 1. The summed E-state index contributed by atoms with van der Waals surface area (Å²) in [6, 6.07) is 17.9. The third-order valence-electron chi connectivity index (χ3n) is 5.26. The summed E-state index contributed by atoms with van der Waals surface area (Å²) in [5.74, 6) is 0.0558. The molecule has 6 nitrogen and oxygen atoms in total. The van der Waals surface area contributed by atoms with Gasteiger partial charge in [0, 0.05) is 29.4 Å². The molecule has 1 atom stereocenters. The monoisotopic (exact) mass is 434 g/mol. The number of carbonyl (C=O) groups excluding carboxylic acids is 1. The molecule has 0 aliphatic rings. The van der Waals surface area contributed by atoms with Crippen LogP contribution in [0.4, 0.5) is 5.69 Å². The summed E-state index contributed by atoms with van der Waals surface area (Å²) in [6.45, 7) is 0. The fraction of sp³-hybridized carbons (Fsp3) is 0.167. The average molecular weight is 435 g/mol. The van der Waals surface area contributed by atoms with Crippen LogP contribution in [0.15, 0.2) is 70.8 Å². The Morgan fingerprint density at radius 1 is 1.13 bits per heavy atom. The number of ether oxygens (including phenoxy) is 1. The van der Waals surface area contributed by atoms with Crippen LogP contribution in [-0.2, 0) is 7.05 Å². The average Bonchev–Trinajstić information content (AvgIpc) is 3.33. The van der Waals surface area contributed by atoms with Crippen molar-refractivity contribution in [2.45, 2.75) is 12.5 Å². The molecule has 4 aromatic rings. The number of fused-ring (bicyclic) bond motifs is 1. The Kier molecular flexibility index (Phi) is 5.77. The first kappa shape index (κ1) is 20.7. The minimum absolute atomic E-state index is 0.0215. The number of Topliss-reactive ketones (excluding diaryl/α,β-unsaturated/α-hetero) is 1. The number of aromatic nitrogens is 1. The lowest BCUT2D eigenvalue weighted by molar-refractivity contribution is 0.0972. The molecule has 0 aliphatic heterocycles. The van der Waals surface area contributed by atoms with Crippen molar-refractivity contribution in [1.29, 1.82) is 0 Å². The van der Waals surface area contributed by atoms with Crippen molar-refractivity contribution in [2.24, 2.45) is 7.05 Å². The third-order valence-corrected chi connectivity index (χ3v) is 6.25. The second kappa shape index (κ2) is 8.65. The third kappa shape index (κ3) is 4.04. The molecule has 0 saturated carbocycles. The second-order valence-electron chi connectivity index (χ2n) is 7.17. The zero-order valence-corrected chi connectivity index (χ0v) is 18.0. The number of anilines is 1. The van der Waals surface area contributed by atoms with E-state index in [0.29, 0.717) is 10.9 Å². The molecule has 0 radical (unpaired) electrons. The van der Waals surface area contributed by atoms with Gasteiger partial charge in [-0.05, 0) is 47.8 Å². The summed E-state index contributed by atoms with van der Waals surface area (Å²) in [7, 11) is 3.21. The van der Waals surface area contributed by atoms with Gasteiger partial charge in [0.2, 0.25) is 0 Å². The van der Waals surface area contributed by atoms with Crippen molar-refractivity contribution in [1.82, 2.24) is 4.57 Å². The van der Waals surface area contributed by atoms with E-state index in [1.807, 2.05) is 41.8 Å². The Bertz CT molecular complexity index is 1280. The molecule has 2 N–H and O–H groups in total. The minimum Gasteiger partial charge on any atom is -0.506 e. The molecule has 0 fully saturated rings. The number of aromatic hydroxyl groups is 1. The summed E-state index contributed by atoms with van der Waals surface area (Å²) in [6.07, 6.45) is 0.0215. The summed E-state index contributed by atoms with van der Waals surface area (Å²) >= 11 is 1.52. The standard InChI is InChI=1S/C24H22N2O4S/c1-26-19-7-4-3-6-17(19)23(28)22(24(26)29)20(27)14-18(21-8-5-13-31-21)25-15-9-11-16(30-2)12-10-15/h3-13,18,25,28H,14H2,1-2H3/t18-/m0/s1. The van der Waals surface area contributed by atoms with Gasteiger partial charge in [0.15, 0.2) is 5.78 Å². The maximum absolute atomic E-state index is 13.2. The number of thiophene rings is 1. The summed E-state index contributed by atoms with van der Waals surface area (Å²) in [5.41, 5.74) is 0.713. The maximum atomic E-state index is 13.2. The Hall–Kier alpha value is -3.58. The molecule has 0 saturated heterocycles. The highest BCUT2D eigenvalue weighted by atomic mass is 32.1. The molecule has 0 unspecified atom stereocenters. The van der Waals surface area contributed by atoms with E-state index in [2.05, 4.69) is 5.32 Å². The number of methoxy groups -OCH3 is 1. The van der Waals surface area contributed by atoms with E-state index < -0.39 is 11.3 Å². The van der Waals surface area contributed by atoms with Crippen molar-refractivity contribution < 1.29 is 14.6 Å². The largest absolute Gasteiger partial charge is 0.506 e. The van der Waals surface area contributed by atoms with Gasteiger partial charge in [-0.2, -0.15) is 0 Å². The molecule has 0 aliphatic carbocycles. The van der Waals surface area contributed by atoms with E-state index in [4.69, 9.17) is 4.74 Å². The van der Waals surface area contributed by atoms with Crippen LogP contribution >= 0.6 is 11.3 Å². The Morgan fingerprint density at radius 2 is 1.87 bits per heavy atom. The second-order valence-corrected chi connectivity index (χ2v) is 8.15. The summed E-state index contributed by atoms with van der Waals surface area (Å²) in [4.78, 5) is 27.1. The number of para-hydroxylation sites is 1. The number of nitrogens with zero attached hydrogens (tertiary/aromatic N) is 1. The zero-order valence-electron chi connectivity index (χ0n) is 17.2. The van der Waals surface area contributed by atoms with Gasteiger partial charge in [-0.1, -0.05) is 18.2 Å². The van der Waals surface area contributed by atoms with E-state index >= 15 is 0 Å². The normalized spacial score (nSPS) is 11.9. The topological polar surface area (TPSA) is 80.6 Å². The Morgan fingerprint density at radius 3 is 2.55 bits per heavy atom. The number of rotatable bonds is 7. The number of ketones is 1. The van der Waals surface area contributed by atoms with Crippen molar-refractivity contribution in [3.8, 4) is 11.5 Å².